The Hall–Kier alpha value is -1.43. The third-order valence-corrected chi connectivity index (χ3v) is 3.00. The second-order valence-corrected chi connectivity index (χ2v) is 5.63. The Morgan fingerprint density at radius 1 is 1.44 bits per heavy atom. The molecule has 0 fully saturated rings. The van der Waals surface area contributed by atoms with E-state index in [0.29, 0.717) is 5.56 Å². The Morgan fingerprint density at radius 3 is 2.44 bits per heavy atom. The van der Waals surface area contributed by atoms with Gasteiger partial charge in [0.15, 0.2) is 0 Å². The molecule has 16 heavy (non-hydrogen) atoms. The molecule has 1 aromatic heterocycles. The fourth-order valence-corrected chi connectivity index (χ4v) is 2.28. The minimum atomic E-state index is -3.25. The first-order chi connectivity index (χ1) is 7.44. The van der Waals surface area contributed by atoms with Crippen LogP contribution in [0.25, 0.3) is 0 Å². The third-order valence-electron chi connectivity index (χ3n) is 2.06. The van der Waals surface area contributed by atoms with Crippen LogP contribution in [0.15, 0.2) is 24.5 Å². The van der Waals surface area contributed by atoms with Gasteiger partial charge in [0.1, 0.15) is 9.84 Å². The molecular weight excluding hydrogens is 230 g/mol. The summed E-state index contributed by atoms with van der Waals surface area (Å²) in [4.78, 5) is 15.3. The fourth-order valence-electron chi connectivity index (χ4n) is 1.34. The predicted molar refractivity (Wildman–Crippen MR) is 58.7 cm³/mol. The summed E-state index contributed by atoms with van der Waals surface area (Å²) in [6.45, 7) is 0. The van der Waals surface area contributed by atoms with E-state index < -0.39 is 21.7 Å². The predicted octanol–water partition coefficient (Wildman–Crippen LogP) is 0.383. The average Bonchev–Trinajstić information content (AvgIpc) is 2.25. The van der Waals surface area contributed by atoms with Crippen molar-refractivity contribution in [3.8, 4) is 0 Å². The van der Waals surface area contributed by atoms with Crippen molar-refractivity contribution in [2.45, 2.75) is 5.92 Å². The molecule has 0 saturated heterocycles. The number of nitrogens with zero attached hydrogens (tertiary/aromatic N) is 1. The summed E-state index contributed by atoms with van der Waals surface area (Å²) in [5.41, 5.74) is 0.590. The van der Waals surface area contributed by atoms with Crippen LogP contribution < -0.4 is 0 Å². The smallest absolute Gasteiger partial charge is 0.314 e. The van der Waals surface area contributed by atoms with E-state index in [1.54, 1.807) is 12.1 Å². The number of carbonyl (C=O) groups is 1. The fraction of sp³-hybridized carbons (Fsp3) is 0.400. The highest BCUT2D eigenvalue weighted by molar-refractivity contribution is 7.90. The van der Waals surface area contributed by atoms with Gasteiger partial charge in [0.2, 0.25) is 0 Å². The molecule has 6 heteroatoms. The summed E-state index contributed by atoms with van der Waals surface area (Å²) >= 11 is 0. The van der Waals surface area contributed by atoms with Crippen molar-refractivity contribution in [2.75, 3.05) is 19.1 Å². The Kier molecular flexibility index (Phi) is 4.00. The van der Waals surface area contributed by atoms with Gasteiger partial charge in [0, 0.05) is 18.6 Å². The van der Waals surface area contributed by atoms with E-state index in [9.17, 15) is 13.2 Å². The van der Waals surface area contributed by atoms with Gasteiger partial charge in [0.05, 0.1) is 18.8 Å². The summed E-state index contributed by atoms with van der Waals surface area (Å²) in [7, 11) is -2.01. The highest BCUT2D eigenvalue weighted by Crippen LogP contribution is 2.18. The Bertz CT molecular complexity index is 455. The van der Waals surface area contributed by atoms with E-state index in [1.807, 2.05) is 0 Å². The molecular formula is C10H13NO4S. The standard InChI is InChI=1S/C10H13NO4S/c1-15-10(12)9(7-16(2,13)14)8-3-5-11-6-4-8/h3-6,9H,7H2,1-2H3. The molecule has 0 radical (unpaired) electrons. The van der Waals surface area contributed by atoms with Crippen LogP contribution in [0, 0.1) is 0 Å². The van der Waals surface area contributed by atoms with Crippen LogP contribution in [-0.2, 0) is 19.4 Å². The average molecular weight is 243 g/mol. The molecule has 1 unspecified atom stereocenters. The molecule has 0 aromatic carbocycles. The molecule has 1 rings (SSSR count). The van der Waals surface area contributed by atoms with E-state index >= 15 is 0 Å². The lowest BCUT2D eigenvalue weighted by atomic mass is 10.0. The van der Waals surface area contributed by atoms with Gasteiger partial charge in [-0.1, -0.05) is 0 Å². The molecule has 0 amide bonds. The van der Waals surface area contributed by atoms with Crippen molar-refractivity contribution in [1.29, 1.82) is 0 Å². The monoisotopic (exact) mass is 243 g/mol. The highest BCUT2D eigenvalue weighted by atomic mass is 32.2. The van der Waals surface area contributed by atoms with Gasteiger partial charge in [0.25, 0.3) is 0 Å². The number of rotatable bonds is 4. The minimum absolute atomic E-state index is 0.260. The first-order valence-corrected chi connectivity index (χ1v) is 6.65. The molecule has 1 atom stereocenters. The lowest BCUT2D eigenvalue weighted by molar-refractivity contribution is -0.141. The summed E-state index contributed by atoms with van der Waals surface area (Å²) in [6, 6.07) is 3.21. The van der Waals surface area contributed by atoms with Crippen molar-refractivity contribution in [2.24, 2.45) is 0 Å². The van der Waals surface area contributed by atoms with Gasteiger partial charge in [-0.3, -0.25) is 9.78 Å². The normalized spacial score (nSPS) is 13.1. The second kappa shape index (κ2) is 5.07. The van der Waals surface area contributed by atoms with Crippen molar-refractivity contribution < 1.29 is 17.9 Å². The number of hydrogen-bond donors (Lipinski definition) is 0. The van der Waals surface area contributed by atoms with Gasteiger partial charge >= 0.3 is 5.97 Å². The number of pyridine rings is 1. The molecule has 0 spiro atoms. The second-order valence-electron chi connectivity index (χ2n) is 3.45. The van der Waals surface area contributed by atoms with E-state index in [4.69, 9.17) is 0 Å². The topological polar surface area (TPSA) is 73.3 Å². The zero-order chi connectivity index (χ0) is 12.2. The van der Waals surface area contributed by atoms with Gasteiger partial charge in [-0.2, -0.15) is 0 Å². The Labute approximate surface area is 94.4 Å². The van der Waals surface area contributed by atoms with Crippen LogP contribution in [-0.4, -0.2) is 38.5 Å². The molecule has 0 aliphatic carbocycles. The van der Waals surface area contributed by atoms with Crippen LogP contribution in [0.1, 0.15) is 11.5 Å². The van der Waals surface area contributed by atoms with Crippen LogP contribution >= 0.6 is 0 Å². The molecule has 1 aromatic rings. The lowest BCUT2D eigenvalue weighted by Gasteiger charge is -2.13. The number of ether oxygens (including phenoxy) is 1. The van der Waals surface area contributed by atoms with Crippen LogP contribution in [0.4, 0.5) is 0 Å². The zero-order valence-electron chi connectivity index (χ0n) is 9.08. The van der Waals surface area contributed by atoms with Gasteiger partial charge in [-0.25, -0.2) is 8.42 Å². The minimum Gasteiger partial charge on any atom is -0.469 e. The maximum Gasteiger partial charge on any atom is 0.314 e. The molecule has 0 aliphatic heterocycles. The SMILES string of the molecule is COC(=O)C(CS(C)(=O)=O)c1ccncc1. The molecule has 0 aliphatic rings. The van der Waals surface area contributed by atoms with Crippen LogP contribution in [0.5, 0.6) is 0 Å². The van der Waals surface area contributed by atoms with Crippen molar-refractivity contribution in [1.82, 2.24) is 4.98 Å². The molecule has 1 heterocycles. The molecule has 88 valence electrons. The van der Waals surface area contributed by atoms with Gasteiger partial charge in [-0.05, 0) is 17.7 Å². The van der Waals surface area contributed by atoms with E-state index in [1.165, 1.54) is 19.5 Å². The number of methoxy groups -OCH3 is 1. The summed E-state index contributed by atoms with van der Waals surface area (Å²) in [5, 5.41) is 0. The van der Waals surface area contributed by atoms with Gasteiger partial charge in [-0.15, -0.1) is 0 Å². The molecule has 0 saturated carbocycles. The quantitative estimate of drug-likeness (QED) is 0.715. The lowest BCUT2D eigenvalue weighted by Crippen LogP contribution is -2.22. The van der Waals surface area contributed by atoms with Crippen molar-refractivity contribution in [3.05, 3.63) is 30.1 Å². The highest BCUT2D eigenvalue weighted by Gasteiger charge is 2.25. The number of aromatic nitrogens is 1. The molecule has 0 bridgehead atoms. The first-order valence-electron chi connectivity index (χ1n) is 4.59. The summed E-state index contributed by atoms with van der Waals surface area (Å²) in [6.07, 6.45) is 4.10. The molecule has 0 N–H and O–H groups in total. The zero-order valence-corrected chi connectivity index (χ0v) is 9.90. The van der Waals surface area contributed by atoms with E-state index in [2.05, 4.69) is 9.72 Å². The summed E-state index contributed by atoms with van der Waals surface area (Å²) in [5.74, 6) is -1.61. The largest absolute Gasteiger partial charge is 0.469 e. The summed E-state index contributed by atoms with van der Waals surface area (Å²) < 4.78 is 27.0. The van der Waals surface area contributed by atoms with Crippen molar-refractivity contribution in [3.63, 3.8) is 0 Å². The van der Waals surface area contributed by atoms with Crippen LogP contribution in [0.3, 0.4) is 0 Å². The van der Waals surface area contributed by atoms with Crippen molar-refractivity contribution >= 4 is 15.8 Å². The van der Waals surface area contributed by atoms with Gasteiger partial charge < -0.3 is 4.74 Å². The van der Waals surface area contributed by atoms with E-state index in [-0.39, 0.29) is 5.75 Å². The Balaban J connectivity index is 3.02. The first kappa shape index (κ1) is 12.6. The number of esters is 1. The molecule has 5 nitrogen and oxygen atoms in total. The Morgan fingerprint density at radius 2 is 2.00 bits per heavy atom. The van der Waals surface area contributed by atoms with E-state index in [0.717, 1.165) is 6.26 Å². The number of carbonyl (C=O) groups excluding carboxylic acids is 1. The number of hydrogen-bond acceptors (Lipinski definition) is 5. The maximum absolute atomic E-state index is 11.5. The maximum atomic E-state index is 11.5. The third kappa shape index (κ3) is 3.62. The number of sulfone groups is 1. The van der Waals surface area contributed by atoms with Crippen LogP contribution in [0.2, 0.25) is 0 Å².